The standard InChI is InChI=1S/C14H20N2O6S/c1-10(2)8-12(9-14(17)18)15(3)23(21,22)13-6-4-11(5-7-13)16(19)20/h4-7,10,12H,8-9H2,1-3H3,(H,17,18)/t12-/m0/s1. The molecule has 128 valence electrons. The van der Waals surface area contributed by atoms with Gasteiger partial charge in [-0.2, -0.15) is 4.31 Å². The zero-order chi connectivity index (χ0) is 17.8. The summed E-state index contributed by atoms with van der Waals surface area (Å²) in [5, 5.41) is 19.6. The van der Waals surface area contributed by atoms with Crippen molar-refractivity contribution in [3.05, 3.63) is 34.4 Å². The number of hydrogen-bond donors (Lipinski definition) is 1. The summed E-state index contributed by atoms with van der Waals surface area (Å²) >= 11 is 0. The molecule has 0 aliphatic carbocycles. The normalized spacial score (nSPS) is 13.3. The van der Waals surface area contributed by atoms with Crippen molar-refractivity contribution in [1.29, 1.82) is 0 Å². The molecule has 0 heterocycles. The molecular formula is C14H20N2O6S. The molecule has 0 unspecified atom stereocenters. The molecule has 1 rings (SSSR count). The highest BCUT2D eigenvalue weighted by Gasteiger charge is 2.30. The van der Waals surface area contributed by atoms with E-state index in [1.54, 1.807) is 0 Å². The molecule has 0 saturated carbocycles. The van der Waals surface area contributed by atoms with Gasteiger partial charge in [-0.05, 0) is 24.5 Å². The van der Waals surface area contributed by atoms with Crippen molar-refractivity contribution >= 4 is 21.7 Å². The van der Waals surface area contributed by atoms with Gasteiger partial charge in [0.1, 0.15) is 0 Å². The number of carboxylic acid groups (broad SMARTS) is 1. The molecule has 0 fully saturated rings. The topological polar surface area (TPSA) is 118 Å². The monoisotopic (exact) mass is 344 g/mol. The van der Waals surface area contributed by atoms with Gasteiger partial charge in [0.15, 0.2) is 0 Å². The first-order valence-electron chi connectivity index (χ1n) is 7.00. The third kappa shape index (κ3) is 5.00. The molecule has 0 aliphatic heterocycles. The van der Waals surface area contributed by atoms with Gasteiger partial charge in [-0.15, -0.1) is 0 Å². The molecule has 0 aromatic heterocycles. The Morgan fingerprint density at radius 2 is 1.83 bits per heavy atom. The average Bonchev–Trinajstić information content (AvgIpc) is 2.44. The molecule has 1 N–H and O–H groups in total. The van der Waals surface area contributed by atoms with E-state index < -0.39 is 27.0 Å². The van der Waals surface area contributed by atoms with E-state index in [1.165, 1.54) is 7.05 Å². The second-order valence-corrected chi connectivity index (χ2v) is 7.65. The van der Waals surface area contributed by atoms with Crippen molar-refractivity contribution in [2.45, 2.75) is 37.6 Å². The number of aliphatic carboxylic acids is 1. The molecule has 0 radical (unpaired) electrons. The Balaban J connectivity index is 3.11. The van der Waals surface area contributed by atoms with Gasteiger partial charge in [0.2, 0.25) is 10.0 Å². The first-order chi connectivity index (χ1) is 10.6. The van der Waals surface area contributed by atoms with Crippen LogP contribution in [0.4, 0.5) is 5.69 Å². The minimum absolute atomic E-state index is 0.107. The third-order valence-electron chi connectivity index (χ3n) is 3.39. The predicted molar refractivity (Wildman–Crippen MR) is 83.5 cm³/mol. The molecule has 0 aliphatic rings. The van der Waals surface area contributed by atoms with Crippen molar-refractivity contribution in [1.82, 2.24) is 4.31 Å². The highest BCUT2D eigenvalue weighted by molar-refractivity contribution is 7.89. The van der Waals surface area contributed by atoms with Crippen LogP contribution in [0.15, 0.2) is 29.2 Å². The number of hydrogen-bond acceptors (Lipinski definition) is 5. The molecule has 8 nitrogen and oxygen atoms in total. The number of nitrogens with zero attached hydrogens (tertiary/aromatic N) is 2. The second kappa shape index (κ2) is 7.51. The van der Waals surface area contributed by atoms with Crippen molar-refractivity contribution in [2.24, 2.45) is 5.92 Å². The first kappa shape index (κ1) is 19.0. The molecule has 9 heteroatoms. The number of rotatable bonds is 8. The fourth-order valence-electron chi connectivity index (χ4n) is 2.21. The number of non-ortho nitro benzene ring substituents is 1. The Morgan fingerprint density at radius 3 is 2.22 bits per heavy atom. The van der Waals surface area contributed by atoms with Crippen LogP contribution in [0.1, 0.15) is 26.7 Å². The maximum absolute atomic E-state index is 12.6. The summed E-state index contributed by atoms with van der Waals surface area (Å²) in [5.74, 6) is -0.963. The molecule has 0 amide bonds. The summed E-state index contributed by atoms with van der Waals surface area (Å²) in [6.45, 7) is 3.75. The maximum Gasteiger partial charge on any atom is 0.304 e. The molecular weight excluding hydrogens is 324 g/mol. The molecule has 1 aromatic carbocycles. The van der Waals surface area contributed by atoms with E-state index >= 15 is 0 Å². The van der Waals surface area contributed by atoms with Crippen LogP contribution in [-0.4, -0.2) is 41.8 Å². The van der Waals surface area contributed by atoms with E-state index in [9.17, 15) is 23.3 Å². The van der Waals surface area contributed by atoms with Crippen LogP contribution >= 0.6 is 0 Å². The summed E-state index contributed by atoms with van der Waals surface area (Å²) in [7, 11) is -2.60. The molecule has 0 bridgehead atoms. The van der Waals surface area contributed by atoms with Crippen LogP contribution in [0.2, 0.25) is 0 Å². The zero-order valence-electron chi connectivity index (χ0n) is 13.2. The fourth-order valence-corrected chi connectivity index (χ4v) is 3.57. The Labute approximate surface area is 134 Å². The molecule has 1 atom stereocenters. The van der Waals surface area contributed by atoms with E-state index in [4.69, 9.17) is 5.11 Å². The maximum atomic E-state index is 12.6. The highest BCUT2D eigenvalue weighted by Crippen LogP contribution is 2.23. The van der Waals surface area contributed by atoms with Gasteiger partial charge in [0.05, 0.1) is 16.2 Å². The average molecular weight is 344 g/mol. The summed E-state index contributed by atoms with van der Waals surface area (Å²) in [5.41, 5.74) is -0.212. The van der Waals surface area contributed by atoms with Gasteiger partial charge in [-0.1, -0.05) is 13.8 Å². The van der Waals surface area contributed by atoms with E-state index in [0.29, 0.717) is 6.42 Å². The minimum Gasteiger partial charge on any atom is -0.481 e. The third-order valence-corrected chi connectivity index (χ3v) is 5.32. The summed E-state index contributed by atoms with van der Waals surface area (Å²) in [6.07, 6.45) is 0.0932. The van der Waals surface area contributed by atoms with Crippen molar-refractivity contribution in [3.63, 3.8) is 0 Å². The molecule has 1 aromatic rings. The largest absolute Gasteiger partial charge is 0.481 e. The Kier molecular flexibility index (Phi) is 6.22. The van der Waals surface area contributed by atoms with Crippen molar-refractivity contribution < 1.29 is 23.2 Å². The van der Waals surface area contributed by atoms with Crippen LogP contribution in [0.5, 0.6) is 0 Å². The van der Waals surface area contributed by atoms with Crippen LogP contribution < -0.4 is 0 Å². The lowest BCUT2D eigenvalue weighted by molar-refractivity contribution is -0.384. The number of carboxylic acids is 1. The molecule has 0 saturated heterocycles. The van der Waals surface area contributed by atoms with Crippen LogP contribution in [-0.2, 0) is 14.8 Å². The van der Waals surface area contributed by atoms with Gasteiger partial charge < -0.3 is 5.11 Å². The van der Waals surface area contributed by atoms with Crippen LogP contribution in [0, 0.1) is 16.0 Å². The Bertz CT molecular complexity index is 669. The van der Waals surface area contributed by atoms with Crippen LogP contribution in [0.3, 0.4) is 0 Å². The predicted octanol–water partition coefficient (Wildman–Crippen LogP) is 2.10. The Morgan fingerprint density at radius 1 is 1.30 bits per heavy atom. The van der Waals surface area contributed by atoms with E-state index in [1.807, 2.05) is 13.8 Å². The van der Waals surface area contributed by atoms with Crippen molar-refractivity contribution in [2.75, 3.05) is 7.05 Å². The smallest absolute Gasteiger partial charge is 0.304 e. The highest BCUT2D eigenvalue weighted by atomic mass is 32.2. The lowest BCUT2D eigenvalue weighted by Gasteiger charge is -2.27. The SMILES string of the molecule is CC(C)C[C@@H](CC(=O)O)N(C)S(=O)(=O)c1ccc([N+](=O)[O-])cc1. The zero-order valence-corrected chi connectivity index (χ0v) is 14.0. The van der Waals surface area contributed by atoms with E-state index in [-0.39, 0.29) is 22.9 Å². The molecule has 23 heavy (non-hydrogen) atoms. The second-order valence-electron chi connectivity index (χ2n) is 5.65. The minimum atomic E-state index is -3.92. The lowest BCUT2D eigenvalue weighted by Crippen LogP contribution is -2.39. The lowest BCUT2D eigenvalue weighted by atomic mass is 10.0. The number of sulfonamides is 1. The van der Waals surface area contributed by atoms with Gasteiger partial charge in [-0.25, -0.2) is 8.42 Å². The van der Waals surface area contributed by atoms with E-state index in [0.717, 1.165) is 28.6 Å². The van der Waals surface area contributed by atoms with Crippen LogP contribution in [0.25, 0.3) is 0 Å². The quantitative estimate of drug-likeness (QED) is 0.570. The summed E-state index contributed by atoms with van der Waals surface area (Å²) < 4.78 is 26.2. The first-order valence-corrected chi connectivity index (χ1v) is 8.44. The summed E-state index contributed by atoms with van der Waals surface area (Å²) in [6, 6.07) is 3.83. The number of benzene rings is 1. The van der Waals surface area contributed by atoms with Gasteiger partial charge >= 0.3 is 5.97 Å². The summed E-state index contributed by atoms with van der Waals surface area (Å²) in [4.78, 5) is 20.9. The van der Waals surface area contributed by atoms with Gasteiger partial charge in [-0.3, -0.25) is 14.9 Å². The van der Waals surface area contributed by atoms with Gasteiger partial charge in [0, 0.05) is 25.2 Å². The number of carbonyl (C=O) groups is 1. The van der Waals surface area contributed by atoms with Gasteiger partial charge in [0.25, 0.3) is 5.69 Å². The fraction of sp³-hybridized carbons (Fsp3) is 0.500. The number of nitro groups is 1. The van der Waals surface area contributed by atoms with E-state index in [2.05, 4.69) is 0 Å². The molecule has 0 spiro atoms. The number of nitro benzene ring substituents is 1. The van der Waals surface area contributed by atoms with Crippen molar-refractivity contribution in [3.8, 4) is 0 Å². The Hall–Kier alpha value is -2.00.